The van der Waals surface area contributed by atoms with Crippen molar-refractivity contribution in [1.29, 1.82) is 0 Å². The smallest absolute Gasteiger partial charge is 0.235 e. The number of H-pyrrole nitrogens is 1. The van der Waals surface area contributed by atoms with Crippen LogP contribution >= 0.6 is 0 Å². The minimum Gasteiger partial charge on any atom is -0.497 e. The molecular formula is C17H16FN5O2. The van der Waals surface area contributed by atoms with Crippen LogP contribution in [0.4, 0.5) is 10.1 Å². The number of halogens is 1. The second kappa shape index (κ2) is 7.52. The van der Waals surface area contributed by atoms with Gasteiger partial charge in [-0.1, -0.05) is 29.5 Å². The van der Waals surface area contributed by atoms with Gasteiger partial charge in [-0.25, -0.2) is 4.39 Å². The van der Waals surface area contributed by atoms with Crippen LogP contribution in [0.2, 0.25) is 0 Å². The molecule has 0 radical (unpaired) electrons. The van der Waals surface area contributed by atoms with E-state index < -0.39 is 17.6 Å². The molecule has 0 saturated carbocycles. The van der Waals surface area contributed by atoms with E-state index in [4.69, 9.17) is 4.74 Å². The Balaban J connectivity index is 1.82. The summed E-state index contributed by atoms with van der Waals surface area (Å²) in [5, 5.41) is 16.2. The number of nitrogens with zero attached hydrogens (tertiary/aromatic N) is 3. The third-order valence-electron chi connectivity index (χ3n) is 3.72. The number of aromatic amines is 1. The van der Waals surface area contributed by atoms with Gasteiger partial charge >= 0.3 is 0 Å². The van der Waals surface area contributed by atoms with E-state index >= 15 is 0 Å². The number of rotatable bonds is 6. The number of methoxy groups -OCH3 is 1. The van der Waals surface area contributed by atoms with Gasteiger partial charge in [-0.3, -0.25) is 4.79 Å². The minimum atomic E-state index is -0.716. The second-order valence-corrected chi connectivity index (χ2v) is 5.34. The maximum Gasteiger partial charge on any atom is 0.235 e. The monoisotopic (exact) mass is 341 g/mol. The van der Waals surface area contributed by atoms with E-state index in [1.807, 2.05) is 12.1 Å². The fraction of sp³-hybridized carbons (Fsp3) is 0.176. The van der Waals surface area contributed by atoms with Crippen molar-refractivity contribution in [3.05, 3.63) is 65.7 Å². The van der Waals surface area contributed by atoms with Crippen molar-refractivity contribution in [2.45, 2.75) is 12.3 Å². The lowest BCUT2D eigenvalue weighted by Gasteiger charge is -2.14. The highest BCUT2D eigenvalue weighted by Gasteiger charge is 2.26. The van der Waals surface area contributed by atoms with Crippen molar-refractivity contribution >= 4 is 11.6 Å². The number of hydrogen-bond acceptors (Lipinski definition) is 5. The Bertz CT molecular complexity index is 837. The van der Waals surface area contributed by atoms with Crippen LogP contribution in [-0.2, 0) is 11.2 Å². The molecule has 25 heavy (non-hydrogen) atoms. The summed E-state index contributed by atoms with van der Waals surface area (Å²) in [5.74, 6) is -0.679. The van der Waals surface area contributed by atoms with E-state index in [2.05, 4.69) is 25.9 Å². The molecule has 0 unspecified atom stereocenters. The van der Waals surface area contributed by atoms with Crippen LogP contribution in [0.15, 0.2) is 48.5 Å². The van der Waals surface area contributed by atoms with Gasteiger partial charge in [-0.15, -0.1) is 10.2 Å². The van der Waals surface area contributed by atoms with Gasteiger partial charge in [0.15, 0.2) is 5.82 Å². The lowest BCUT2D eigenvalue weighted by atomic mass is 9.97. The number of hydrogen-bond donors (Lipinski definition) is 2. The van der Waals surface area contributed by atoms with Crippen LogP contribution in [0.3, 0.4) is 0 Å². The minimum absolute atomic E-state index is 0.107. The van der Waals surface area contributed by atoms with Crippen LogP contribution in [0.1, 0.15) is 17.3 Å². The quantitative estimate of drug-likeness (QED) is 0.718. The third kappa shape index (κ3) is 3.97. The Kier molecular flexibility index (Phi) is 4.98. The van der Waals surface area contributed by atoms with E-state index in [9.17, 15) is 9.18 Å². The largest absolute Gasteiger partial charge is 0.497 e. The van der Waals surface area contributed by atoms with Crippen molar-refractivity contribution in [3.8, 4) is 5.75 Å². The van der Waals surface area contributed by atoms with E-state index in [1.54, 1.807) is 31.4 Å². The molecule has 128 valence electrons. The number of carbonyl (C=O) groups is 1. The molecule has 0 aliphatic heterocycles. The summed E-state index contributed by atoms with van der Waals surface area (Å²) < 4.78 is 18.9. The lowest BCUT2D eigenvalue weighted by molar-refractivity contribution is -0.117. The molecule has 0 aliphatic rings. The molecular weight excluding hydrogens is 325 g/mol. The first-order valence-corrected chi connectivity index (χ1v) is 7.59. The van der Waals surface area contributed by atoms with E-state index in [0.29, 0.717) is 6.42 Å². The highest BCUT2D eigenvalue weighted by Crippen LogP contribution is 2.22. The van der Waals surface area contributed by atoms with Gasteiger partial charge in [0, 0.05) is 0 Å². The number of nitrogens with one attached hydrogen (secondary N) is 2. The average Bonchev–Trinajstić information content (AvgIpc) is 3.16. The molecule has 1 amide bonds. The van der Waals surface area contributed by atoms with Gasteiger partial charge < -0.3 is 10.1 Å². The molecule has 1 aromatic heterocycles. The SMILES string of the molecule is COc1ccc(C[C@H](C(=O)Nc2ccccc2F)c2nn[nH]n2)cc1. The maximum atomic E-state index is 13.8. The predicted octanol–water partition coefficient (Wildman–Crippen LogP) is 2.31. The Hall–Kier alpha value is -3.29. The number of benzene rings is 2. The molecule has 0 spiro atoms. The van der Waals surface area contributed by atoms with E-state index in [0.717, 1.165) is 11.3 Å². The van der Waals surface area contributed by atoms with Crippen molar-refractivity contribution in [3.63, 3.8) is 0 Å². The zero-order chi connectivity index (χ0) is 17.6. The summed E-state index contributed by atoms with van der Waals surface area (Å²) in [6.07, 6.45) is 0.337. The summed E-state index contributed by atoms with van der Waals surface area (Å²) >= 11 is 0. The topological polar surface area (TPSA) is 92.8 Å². The van der Waals surface area contributed by atoms with Crippen LogP contribution in [0.5, 0.6) is 5.75 Å². The Morgan fingerprint density at radius 1 is 1.24 bits per heavy atom. The van der Waals surface area contributed by atoms with Crippen LogP contribution in [0, 0.1) is 5.82 Å². The van der Waals surface area contributed by atoms with E-state index in [-0.39, 0.29) is 11.5 Å². The fourth-order valence-corrected chi connectivity index (χ4v) is 2.40. The average molecular weight is 341 g/mol. The lowest BCUT2D eigenvalue weighted by Crippen LogP contribution is -2.24. The summed E-state index contributed by atoms with van der Waals surface area (Å²) in [6.45, 7) is 0. The first-order valence-electron chi connectivity index (χ1n) is 7.59. The normalized spacial score (nSPS) is 11.8. The Morgan fingerprint density at radius 3 is 2.64 bits per heavy atom. The summed E-state index contributed by atoms with van der Waals surface area (Å²) in [4.78, 5) is 12.7. The summed E-state index contributed by atoms with van der Waals surface area (Å²) in [7, 11) is 1.58. The molecule has 3 rings (SSSR count). The summed E-state index contributed by atoms with van der Waals surface area (Å²) in [5.41, 5.74) is 0.995. The number of carbonyl (C=O) groups excluding carboxylic acids is 1. The molecule has 8 heteroatoms. The van der Waals surface area contributed by atoms with Crippen LogP contribution in [-0.4, -0.2) is 33.6 Å². The number of amides is 1. The van der Waals surface area contributed by atoms with Gasteiger partial charge in [0.25, 0.3) is 0 Å². The number of tetrazole rings is 1. The number of ether oxygens (including phenoxy) is 1. The number of para-hydroxylation sites is 1. The molecule has 0 fully saturated rings. The molecule has 7 nitrogen and oxygen atoms in total. The summed E-state index contributed by atoms with van der Waals surface area (Å²) in [6, 6.07) is 13.3. The zero-order valence-corrected chi connectivity index (χ0v) is 13.4. The standard InChI is InChI=1S/C17H16FN5O2/c1-25-12-8-6-11(7-9-12)10-13(16-20-22-23-21-16)17(24)19-15-5-3-2-4-14(15)18/h2-9,13H,10H2,1H3,(H,19,24)(H,20,21,22,23)/t13-/m0/s1. The van der Waals surface area contributed by atoms with Crippen molar-refractivity contribution in [2.75, 3.05) is 12.4 Å². The maximum absolute atomic E-state index is 13.8. The second-order valence-electron chi connectivity index (χ2n) is 5.34. The molecule has 1 heterocycles. The van der Waals surface area contributed by atoms with Gasteiger partial charge in [0.2, 0.25) is 5.91 Å². The Morgan fingerprint density at radius 2 is 2.00 bits per heavy atom. The van der Waals surface area contributed by atoms with Crippen molar-refractivity contribution in [1.82, 2.24) is 20.6 Å². The van der Waals surface area contributed by atoms with Crippen LogP contribution < -0.4 is 10.1 Å². The molecule has 0 aliphatic carbocycles. The first kappa shape index (κ1) is 16.6. The van der Waals surface area contributed by atoms with Gasteiger partial charge in [0.1, 0.15) is 17.5 Å². The van der Waals surface area contributed by atoms with Crippen molar-refractivity contribution < 1.29 is 13.9 Å². The number of aromatic nitrogens is 4. The van der Waals surface area contributed by atoms with Gasteiger partial charge in [-0.2, -0.15) is 5.21 Å². The molecule has 2 aromatic carbocycles. The molecule has 2 N–H and O–H groups in total. The molecule has 1 atom stereocenters. The predicted molar refractivity (Wildman–Crippen MR) is 88.6 cm³/mol. The first-order chi connectivity index (χ1) is 12.2. The highest BCUT2D eigenvalue weighted by atomic mass is 19.1. The highest BCUT2D eigenvalue weighted by molar-refractivity contribution is 5.95. The number of anilines is 1. The van der Waals surface area contributed by atoms with Gasteiger partial charge in [0.05, 0.1) is 12.8 Å². The molecule has 3 aromatic rings. The van der Waals surface area contributed by atoms with Gasteiger partial charge in [-0.05, 0) is 36.2 Å². The Labute approximate surface area is 143 Å². The zero-order valence-electron chi connectivity index (χ0n) is 13.4. The molecule has 0 bridgehead atoms. The molecule has 0 saturated heterocycles. The van der Waals surface area contributed by atoms with Crippen LogP contribution in [0.25, 0.3) is 0 Å². The fourth-order valence-electron chi connectivity index (χ4n) is 2.40. The van der Waals surface area contributed by atoms with E-state index in [1.165, 1.54) is 12.1 Å². The third-order valence-corrected chi connectivity index (χ3v) is 3.72. The van der Waals surface area contributed by atoms with Crippen molar-refractivity contribution in [2.24, 2.45) is 0 Å².